The highest BCUT2D eigenvalue weighted by molar-refractivity contribution is 7.19. The molecule has 0 bridgehead atoms. The van der Waals surface area contributed by atoms with E-state index >= 15 is 0 Å². The third kappa shape index (κ3) is 4.46. The molecule has 0 unspecified atom stereocenters. The Bertz CT molecular complexity index is 1020. The highest BCUT2D eigenvalue weighted by Gasteiger charge is 2.14. The van der Waals surface area contributed by atoms with Crippen LogP contribution in [0.4, 0.5) is 16.8 Å². The molecular weight excluding hydrogens is 380 g/mol. The maximum Gasteiger partial charge on any atom is 0.269 e. The van der Waals surface area contributed by atoms with Gasteiger partial charge in [-0.2, -0.15) is 0 Å². The van der Waals surface area contributed by atoms with Crippen LogP contribution in [-0.4, -0.2) is 39.9 Å². The van der Waals surface area contributed by atoms with E-state index in [4.69, 9.17) is 0 Å². The number of anilines is 2. The summed E-state index contributed by atoms with van der Waals surface area (Å²) in [5.74, 6) is -0.107. The third-order valence-corrected chi connectivity index (χ3v) is 5.17. The van der Waals surface area contributed by atoms with E-state index in [0.29, 0.717) is 11.3 Å². The standard InChI is InChI=1S/C18H18N6O3S/c1-11-16(28-18(20-11)23(2)3)14-8-9-19-17(21-14)22-15(25)10-12-4-6-13(7-5-12)24(26)27/h4-9H,10H2,1-3H3,(H,19,21,22,25). The van der Waals surface area contributed by atoms with Gasteiger partial charge in [0.1, 0.15) is 0 Å². The number of nitrogens with zero attached hydrogens (tertiary/aromatic N) is 5. The average Bonchev–Trinajstić information content (AvgIpc) is 3.04. The summed E-state index contributed by atoms with van der Waals surface area (Å²) in [6, 6.07) is 7.62. The average molecular weight is 398 g/mol. The Hall–Kier alpha value is -3.40. The number of carbonyl (C=O) groups excluding carboxylic acids is 1. The van der Waals surface area contributed by atoms with Crippen LogP contribution in [-0.2, 0) is 11.2 Å². The van der Waals surface area contributed by atoms with Crippen molar-refractivity contribution < 1.29 is 9.72 Å². The van der Waals surface area contributed by atoms with Crippen LogP contribution in [0.1, 0.15) is 11.3 Å². The quantitative estimate of drug-likeness (QED) is 0.501. The summed E-state index contributed by atoms with van der Waals surface area (Å²) in [6.07, 6.45) is 1.65. The number of aromatic nitrogens is 3. The van der Waals surface area contributed by atoms with Crippen LogP contribution in [0.2, 0.25) is 0 Å². The number of hydrogen-bond donors (Lipinski definition) is 1. The molecule has 0 radical (unpaired) electrons. The van der Waals surface area contributed by atoms with Gasteiger partial charge in [-0.15, -0.1) is 0 Å². The molecule has 0 saturated heterocycles. The fourth-order valence-electron chi connectivity index (χ4n) is 2.45. The van der Waals surface area contributed by atoms with E-state index in [1.54, 1.807) is 24.4 Å². The van der Waals surface area contributed by atoms with Gasteiger partial charge in [0.25, 0.3) is 5.69 Å². The van der Waals surface area contributed by atoms with Crippen LogP contribution in [0, 0.1) is 17.0 Å². The van der Waals surface area contributed by atoms with Gasteiger partial charge in [0.05, 0.1) is 27.6 Å². The molecule has 144 valence electrons. The number of carbonyl (C=O) groups is 1. The SMILES string of the molecule is Cc1nc(N(C)C)sc1-c1ccnc(NC(=O)Cc2ccc([N+](=O)[O-])cc2)n1. The minimum atomic E-state index is -0.480. The van der Waals surface area contributed by atoms with Crippen LogP contribution in [0.15, 0.2) is 36.5 Å². The molecule has 0 aliphatic carbocycles. The predicted molar refractivity (Wildman–Crippen MR) is 108 cm³/mol. The molecular formula is C18H18N6O3S. The Morgan fingerprint density at radius 3 is 2.54 bits per heavy atom. The summed E-state index contributed by atoms with van der Waals surface area (Å²) in [7, 11) is 3.84. The van der Waals surface area contributed by atoms with Gasteiger partial charge in [0.15, 0.2) is 5.13 Å². The highest BCUT2D eigenvalue weighted by atomic mass is 32.1. The number of nitro groups is 1. The second-order valence-electron chi connectivity index (χ2n) is 6.22. The molecule has 1 aromatic carbocycles. The first-order valence-electron chi connectivity index (χ1n) is 8.35. The number of nitro benzene ring substituents is 1. The number of non-ortho nitro benzene ring substituents is 1. The van der Waals surface area contributed by atoms with E-state index in [0.717, 1.165) is 15.7 Å². The van der Waals surface area contributed by atoms with Crippen molar-refractivity contribution in [1.82, 2.24) is 15.0 Å². The second kappa shape index (κ2) is 8.09. The minimum absolute atomic E-state index is 0.0165. The molecule has 9 nitrogen and oxygen atoms in total. The number of benzene rings is 1. The van der Waals surface area contributed by atoms with Crippen molar-refractivity contribution in [2.24, 2.45) is 0 Å². The molecule has 10 heteroatoms. The van der Waals surface area contributed by atoms with Crippen LogP contribution < -0.4 is 10.2 Å². The summed E-state index contributed by atoms with van der Waals surface area (Å²) < 4.78 is 0. The summed E-state index contributed by atoms with van der Waals surface area (Å²) in [5, 5.41) is 14.2. The Balaban J connectivity index is 1.72. The smallest absolute Gasteiger partial charge is 0.269 e. The van der Waals surface area contributed by atoms with Gasteiger partial charge >= 0.3 is 0 Å². The van der Waals surface area contributed by atoms with Gasteiger partial charge in [0.2, 0.25) is 11.9 Å². The zero-order chi connectivity index (χ0) is 20.3. The molecule has 0 saturated carbocycles. The number of aryl methyl sites for hydroxylation is 1. The molecule has 2 aromatic heterocycles. The molecule has 0 fully saturated rings. The van der Waals surface area contributed by atoms with Gasteiger partial charge in [-0.05, 0) is 18.6 Å². The van der Waals surface area contributed by atoms with Crippen molar-refractivity contribution in [1.29, 1.82) is 0 Å². The lowest BCUT2D eigenvalue weighted by Crippen LogP contribution is -2.16. The second-order valence-corrected chi connectivity index (χ2v) is 7.20. The minimum Gasteiger partial charge on any atom is -0.354 e. The Morgan fingerprint density at radius 2 is 1.93 bits per heavy atom. The topological polar surface area (TPSA) is 114 Å². The van der Waals surface area contributed by atoms with Crippen LogP contribution in [0.3, 0.4) is 0 Å². The molecule has 0 aliphatic heterocycles. The van der Waals surface area contributed by atoms with Crippen LogP contribution >= 0.6 is 11.3 Å². The first kappa shape index (κ1) is 19.4. The maximum atomic E-state index is 12.3. The van der Waals surface area contributed by atoms with Gasteiger partial charge in [-0.3, -0.25) is 20.2 Å². The van der Waals surface area contributed by atoms with Crippen molar-refractivity contribution in [3.8, 4) is 10.6 Å². The van der Waals surface area contributed by atoms with E-state index in [-0.39, 0.29) is 24.0 Å². The van der Waals surface area contributed by atoms with Crippen molar-refractivity contribution in [2.45, 2.75) is 13.3 Å². The van der Waals surface area contributed by atoms with Crippen LogP contribution in [0.5, 0.6) is 0 Å². The largest absolute Gasteiger partial charge is 0.354 e. The van der Waals surface area contributed by atoms with Crippen molar-refractivity contribution >= 4 is 34.0 Å². The van der Waals surface area contributed by atoms with Crippen molar-refractivity contribution in [3.05, 3.63) is 57.9 Å². The zero-order valence-corrected chi connectivity index (χ0v) is 16.4. The highest BCUT2D eigenvalue weighted by Crippen LogP contribution is 2.32. The first-order valence-corrected chi connectivity index (χ1v) is 9.16. The number of hydrogen-bond acceptors (Lipinski definition) is 8. The van der Waals surface area contributed by atoms with Crippen molar-refractivity contribution in [3.63, 3.8) is 0 Å². The first-order chi connectivity index (χ1) is 13.3. The Morgan fingerprint density at radius 1 is 1.21 bits per heavy atom. The normalized spacial score (nSPS) is 10.5. The van der Waals surface area contributed by atoms with E-state index in [1.165, 1.54) is 23.5 Å². The molecule has 0 atom stereocenters. The van der Waals surface area contributed by atoms with E-state index in [1.807, 2.05) is 25.9 Å². The van der Waals surface area contributed by atoms with Gasteiger partial charge < -0.3 is 4.90 Å². The summed E-state index contributed by atoms with van der Waals surface area (Å²) in [4.78, 5) is 38.3. The molecule has 3 aromatic rings. The molecule has 3 rings (SSSR count). The van der Waals surface area contributed by atoms with E-state index < -0.39 is 4.92 Å². The van der Waals surface area contributed by atoms with E-state index in [2.05, 4.69) is 20.3 Å². The summed E-state index contributed by atoms with van der Waals surface area (Å²) >= 11 is 1.51. The zero-order valence-electron chi connectivity index (χ0n) is 15.5. The maximum absolute atomic E-state index is 12.3. The fraction of sp³-hybridized carbons (Fsp3) is 0.222. The van der Waals surface area contributed by atoms with Crippen molar-refractivity contribution in [2.75, 3.05) is 24.3 Å². The lowest BCUT2D eigenvalue weighted by atomic mass is 10.1. The van der Waals surface area contributed by atoms with Gasteiger partial charge in [0, 0.05) is 32.4 Å². The third-order valence-electron chi connectivity index (χ3n) is 3.82. The molecule has 0 spiro atoms. The molecule has 0 aliphatic rings. The van der Waals surface area contributed by atoms with E-state index in [9.17, 15) is 14.9 Å². The lowest BCUT2D eigenvalue weighted by molar-refractivity contribution is -0.384. The molecule has 2 heterocycles. The van der Waals surface area contributed by atoms with Gasteiger partial charge in [-0.25, -0.2) is 15.0 Å². The number of rotatable bonds is 6. The monoisotopic (exact) mass is 398 g/mol. The number of amides is 1. The van der Waals surface area contributed by atoms with Crippen LogP contribution in [0.25, 0.3) is 10.6 Å². The molecule has 28 heavy (non-hydrogen) atoms. The summed E-state index contributed by atoms with van der Waals surface area (Å²) in [6.45, 7) is 1.91. The number of thiazole rings is 1. The summed E-state index contributed by atoms with van der Waals surface area (Å²) in [5.41, 5.74) is 2.18. The lowest BCUT2D eigenvalue weighted by Gasteiger charge is -2.06. The molecule has 1 N–H and O–H groups in total. The fourth-order valence-corrected chi connectivity index (χ4v) is 3.41. The predicted octanol–water partition coefficient (Wildman–Crippen LogP) is 3.06. The Labute approximate surface area is 165 Å². The Kier molecular flexibility index (Phi) is 5.59. The molecule has 1 amide bonds. The van der Waals surface area contributed by atoms with Gasteiger partial charge in [-0.1, -0.05) is 23.5 Å². The number of nitrogens with one attached hydrogen (secondary N) is 1.